The third-order valence-corrected chi connectivity index (χ3v) is 8.90. The molecule has 0 aliphatic heterocycles. The Morgan fingerprint density at radius 2 is 1.95 bits per heavy atom. The molecule has 0 heterocycles. The highest BCUT2D eigenvalue weighted by Crippen LogP contribution is 2.38. The molecule has 0 aromatic rings. The number of ether oxygens (including phenoxy) is 1. The van der Waals surface area contributed by atoms with Crippen LogP contribution in [0.3, 0.4) is 0 Å². The summed E-state index contributed by atoms with van der Waals surface area (Å²) in [7, 11) is -0.245. The molecule has 1 N–H and O–H groups in total. The van der Waals surface area contributed by atoms with E-state index in [9.17, 15) is 9.90 Å². The Kier molecular flexibility index (Phi) is 8.36. The molecule has 0 saturated carbocycles. The molecule has 0 aromatic carbocycles. The van der Waals surface area contributed by atoms with E-state index in [-0.39, 0.29) is 30.3 Å². The number of hydrogen-bond donors (Lipinski definition) is 1. The fraction of sp³-hybridized carbons (Fsp3) is 0.812. The zero-order valence-electron chi connectivity index (χ0n) is 15.2. The monoisotopic (exact) mass is 331 g/mol. The Labute approximate surface area is 136 Å². The van der Waals surface area contributed by atoms with Gasteiger partial charge in [-0.2, -0.15) is 0 Å². The van der Waals surface area contributed by atoms with Crippen LogP contribution >= 0.6 is 0 Å². The standard InChI is InChI=1S/C16H33NO4Si/c1-9-10-20-15(19)17(6)11-14(12-18)13(2)21-22(7,8)16(3,4)5/h9,13-14,18H,1,10-12H2,2-8H3/t13-,14-/m1/s1. The van der Waals surface area contributed by atoms with Crippen molar-refractivity contribution in [2.24, 2.45) is 5.92 Å². The Morgan fingerprint density at radius 3 is 2.36 bits per heavy atom. The van der Waals surface area contributed by atoms with Gasteiger partial charge in [0.15, 0.2) is 8.32 Å². The van der Waals surface area contributed by atoms with Gasteiger partial charge in [-0.15, -0.1) is 0 Å². The van der Waals surface area contributed by atoms with Crippen LogP contribution in [0.25, 0.3) is 0 Å². The first-order valence-corrected chi connectivity index (χ1v) is 10.6. The van der Waals surface area contributed by atoms with Gasteiger partial charge in [-0.1, -0.05) is 33.4 Å². The molecule has 5 nitrogen and oxygen atoms in total. The highest BCUT2D eigenvalue weighted by Gasteiger charge is 2.39. The van der Waals surface area contributed by atoms with E-state index >= 15 is 0 Å². The molecule has 2 atom stereocenters. The normalized spacial score (nSPS) is 15.1. The molecule has 0 aliphatic carbocycles. The van der Waals surface area contributed by atoms with Crippen LogP contribution in [0.2, 0.25) is 18.1 Å². The third kappa shape index (κ3) is 6.50. The highest BCUT2D eigenvalue weighted by molar-refractivity contribution is 6.74. The van der Waals surface area contributed by atoms with E-state index in [1.165, 1.54) is 11.0 Å². The van der Waals surface area contributed by atoms with Crippen molar-refractivity contribution in [1.82, 2.24) is 4.90 Å². The molecule has 0 unspecified atom stereocenters. The van der Waals surface area contributed by atoms with Crippen LogP contribution in [-0.4, -0.2) is 57.3 Å². The van der Waals surface area contributed by atoms with E-state index in [2.05, 4.69) is 40.4 Å². The molecule has 0 bridgehead atoms. The maximum absolute atomic E-state index is 11.8. The summed E-state index contributed by atoms with van der Waals surface area (Å²) in [5.41, 5.74) is 0. The lowest BCUT2D eigenvalue weighted by Gasteiger charge is -2.40. The SMILES string of the molecule is C=CCOC(=O)N(C)C[C@H](CO)[C@@H](C)O[Si](C)(C)C(C)(C)C. The third-order valence-electron chi connectivity index (χ3n) is 4.33. The average molecular weight is 332 g/mol. The van der Waals surface area contributed by atoms with E-state index in [0.29, 0.717) is 6.54 Å². The minimum absolute atomic E-state index is 0.0329. The van der Waals surface area contributed by atoms with Crippen molar-refractivity contribution in [3.63, 3.8) is 0 Å². The number of hydrogen-bond acceptors (Lipinski definition) is 4. The van der Waals surface area contributed by atoms with Crippen molar-refractivity contribution in [2.45, 2.75) is 51.9 Å². The Bertz CT molecular complexity index is 366. The molecule has 0 aliphatic rings. The van der Waals surface area contributed by atoms with E-state index in [4.69, 9.17) is 9.16 Å². The fourth-order valence-electron chi connectivity index (χ4n) is 1.76. The van der Waals surface area contributed by atoms with Crippen LogP contribution in [0.5, 0.6) is 0 Å². The quantitative estimate of drug-likeness (QED) is 0.548. The number of carbonyl (C=O) groups is 1. The summed E-state index contributed by atoms with van der Waals surface area (Å²) < 4.78 is 11.3. The molecular formula is C16H33NO4Si. The largest absolute Gasteiger partial charge is 0.445 e. The second-order valence-electron chi connectivity index (χ2n) is 7.27. The van der Waals surface area contributed by atoms with Crippen LogP contribution in [0.4, 0.5) is 4.79 Å². The lowest BCUT2D eigenvalue weighted by atomic mass is 10.1. The Hall–Kier alpha value is -0.853. The predicted octanol–water partition coefficient (Wildman–Crippen LogP) is 3.26. The lowest BCUT2D eigenvalue weighted by Crippen LogP contribution is -2.47. The molecule has 1 amide bonds. The van der Waals surface area contributed by atoms with Crippen LogP contribution in [0.15, 0.2) is 12.7 Å². The molecule has 0 radical (unpaired) electrons. The minimum Gasteiger partial charge on any atom is -0.445 e. The summed E-state index contributed by atoms with van der Waals surface area (Å²) >= 11 is 0. The van der Waals surface area contributed by atoms with Crippen molar-refractivity contribution in [3.05, 3.63) is 12.7 Å². The van der Waals surface area contributed by atoms with Gasteiger partial charge in [-0.3, -0.25) is 0 Å². The van der Waals surface area contributed by atoms with Crippen molar-refractivity contribution in [1.29, 1.82) is 0 Å². The first-order chi connectivity index (χ1) is 9.96. The number of amides is 1. The van der Waals surface area contributed by atoms with Crippen molar-refractivity contribution in [2.75, 3.05) is 26.8 Å². The van der Waals surface area contributed by atoms with Gasteiger partial charge in [-0.05, 0) is 25.1 Å². The molecule has 22 heavy (non-hydrogen) atoms. The number of aliphatic hydroxyl groups excluding tert-OH is 1. The van der Waals surface area contributed by atoms with Gasteiger partial charge in [0.05, 0.1) is 6.61 Å². The fourth-order valence-corrected chi connectivity index (χ4v) is 3.23. The Balaban J connectivity index is 4.69. The van der Waals surface area contributed by atoms with E-state index in [0.717, 1.165) is 0 Å². The molecule has 0 spiro atoms. The first kappa shape index (κ1) is 21.1. The molecular weight excluding hydrogens is 298 g/mol. The van der Waals surface area contributed by atoms with Crippen LogP contribution in [-0.2, 0) is 9.16 Å². The Morgan fingerprint density at radius 1 is 1.41 bits per heavy atom. The van der Waals surface area contributed by atoms with Gasteiger partial charge in [0, 0.05) is 25.6 Å². The zero-order valence-corrected chi connectivity index (χ0v) is 16.2. The maximum atomic E-state index is 11.8. The van der Waals surface area contributed by atoms with Gasteiger partial charge < -0.3 is 19.2 Å². The second-order valence-corrected chi connectivity index (χ2v) is 12.0. The molecule has 0 aromatic heterocycles. The van der Waals surface area contributed by atoms with Gasteiger partial charge in [0.2, 0.25) is 0 Å². The lowest BCUT2D eigenvalue weighted by molar-refractivity contribution is 0.0593. The average Bonchev–Trinajstić information content (AvgIpc) is 2.39. The first-order valence-electron chi connectivity index (χ1n) is 7.73. The number of rotatable bonds is 8. The zero-order chi connectivity index (χ0) is 17.6. The topological polar surface area (TPSA) is 59.0 Å². The van der Waals surface area contributed by atoms with Gasteiger partial charge in [0.1, 0.15) is 6.61 Å². The van der Waals surface area contributed by atoms with Gasteiger partial charge in [-0.25, -0.2) is 4.79 Å². The molecule has 0 saturated heterocycles. The molecule has 6 heteroatoms. The minimum atomic E-state index is -1.91. The number of carbonyl (C=O) groups excluding carboxylic acids is 1. The summed E-state index contributed by atoms with van der Waals surface area (Å²) in [5, 5.41) is 9.75. The summed E-state index contributed by atoms with van der Waals surface area (Å²) in [6, 6.07) is 0. The summed E-state index contributed by atoms with van der Waals surface area (Å²) in [5.74, 6) is -0.143. The second kappa shape index (κ2) is 8.69. The van der Waals surface area contributed by atoms with E-state index in [1.807, 2.05) is 6.92 Å². The van der Waals surface area contributed by atoms with E-state index < -0.39 is 14.4 Å². The van der Waals surface area contributed by atoms with Crippen molar-refractivity contribution < 1.29 is 19.1 Å². The molecule has 130 valence electrons. The summed E-state index contributed by atoms with van der Waals surface area (Å²) in [6.45, 7) is 16.9. The number of nitrogens with zero attached hydrogens (tertiary/aromatic N) is 1. The van der Waals surface area contributed by atoms with Gasteiger partial charge >= 0.3 is 6.09 Å². The summed E-state index contributed by atoms with van der Waals surface area (Å²) in [6.07, 6.45) is 0.983. The highest BCUT2D eigenvalue weighted by atomic mass is 28.4. The summed E-state index contributed by atoms with van der Waals surface area (Å²) in [4.78, 5) is 13.2. The van der Waals surface area contributed by atoms with Crippen molar-refractivity contribution in [3.8, 4) is 0 Å². The van der Waals surface area contributed by atoms with Crippen LogP contribution in [0, 0.1) is 5.92 Å². The molecule has 0 fully saturated rings. The van der Waals surface area contributed by atoms with E-state index in [1.54, 1.807) is 7.05 Å². The van der Waals surface area contributed by atoms with Crippen molar-refractivity contribution >= 4 is 14.4 Å². The molecule has 0 rings (SSSR count). The van der Waals surface area contributed by atoms with Gasteiger partial charge in [0.25, 0.3) is 0 Å². The smallest absolute Gasteiger partial charge is 0.409 e. The predicted molar refractivity (Wildman–Crippen MR) is 92.5 cm³/mol. The van der Waals surface area contributed by atoms with Crippen LogP contribution in [0.1, 0.15) is 27.7 Å². The maximum Gasteiger partial charge on any atom is 0.409 e. The number of aliphatic hydroxyl groups is 1. The van der Waals surface area contributed by atoms with Crippen LogP contribution < -0.4 is 0 Å².